The fourth-order valence-electron chi connectivity index (χ4n) is 1.94. The van der Waals surface area contributed by atoms with Crippen molar-refractivity contribution >= 4 is 0 Å². The first-order valence-electron chi connectivity index (χ1n) is 6.27. The van der Waals surface area contributed by atoms with Crippen molar-refractivity contribution in [1.29, 1.82) is 0 Å². The number of rotatable bonds is 7. The highest BCUT2D eigenvalue weighted by Gasteiger charge is 2.08. The van der Waals surface area contributed by atoms with Crippen LogP contribution in [0.5, 0.6) is 5.75 Å². The Morgan fingerprint density at radius 3 is 2.78 bits per heavy atom. The number of methoxy groups -OCH3 is 1. The van der Waals surface area contributed by atoms with Gasteiger partial charge in [-0.3, -0.25) is 0 Å². The van der Waals surface area contributed by atoms with Gasteiger partial charge in [-0.15, -0.1) is 0 Å². The molecule has 0 aliphatic carbocycles. The Bertz CT molecular complexity index is 369. The number of hydrogen-bond acceptors (Lipinski definition) is 4. The molecule has 0 amide bonds. The van der Waals surface area contributed by atoms with Gasteiger partial charge in [0, 0.05) is 19.6 Å². The number of nitrogens with two attached hydrogens (primary N) is 1. The summed E-state index contributed by atoms with van der Waals surface area (Å²) < 4.78 is 5.35. The number of aliphatic hydroxyl groups is 1. The van der Waals surface area contributed by atoms with E-state index in [9.17, 15) is 5.11 Å². The normalized spacial score (nSPS) is 12.8. The Labute approximate surface area is 109 Å². The highest BCUT2D eigenvalue weighted by molar-refractivity contribution is 5.37. The molecule has 0 radical (unpaired) electrons. The van der Waals surface area contributed by atoms with Crippen molar-refractivity contribution in [1.82, 2.24) is 4.90 Å². The molecule has 1 rings (SSSR count). The van der Waals surface area contributed by atoms with Gasteiger partial charge in [0.15, 0.2) is 0 Å². The van der Waals surface area contributed by atoms with E-state index in [0.717, 1.165) is 18.7 Å². The van der Waals surface area contributed by atoms with Crippen molar-refractivity contribution in [2.45, 2.75) is 19.4 Å². The van der Waals surface area contributed by atoms with Gasteiger partial charge in [-0.05, 0) is 32.0 Å². The van der Waals surface area contributed by atoms with E-state index >= 15 is 0 Å². The molecule has 18 heavy (non-hydrogen) atoms. The van der Waals surface area contributed by atoms with E-state index in [4.69, 9.17) is 10.5 Å². The predicted octanol–water partition coefficient (Wildman–Crippen LogP) is 0.798. The maximum atomic E-state index is 9.48. The number of ether oxygens (including phenoxy) is 1. The van der Waals surface area contributed by atoms with Crippen LogP contribution in [0.4, 0.5) is 0 Å². The van der Waals surface area contributed by atoms with Gasteiger partial charge in [0.05, 0.1) is 13.2 Å². The molecule has 4 heteroatoms. The van der Waals surface area contributed by atoms with Crippen molar-refractivity contribution in [2.75, 3.05) is 33.8 Å². The number of benzene rings is 1. The summed E-state index contributed by atoms with van der Waals surface area (Å²) in [4.78, 5) is 2.08. The van der Waals surface area contributed by atoms with Gasteiger partial charge in [-0.1, -0.05) is 17.7 Å². The lowest BCUT2D eigenvalue weighted by atomic mass is 10.1. The van der Waals surface area contributed by atoms with Crippen LogP contribution in [0.1, 0.15) is 11.1 Å². The maximum Gasteiger partial charge on any atom is 0.122 e. The summed E-state index contributed by atoms with van der Waals surface area (Å²) in [5.41, 5.74) is 7.83. The van der Waals surface area contributed by atoms with E-state index in [1.165, 1.54) is 11.1 Å². The molecule has 0 heterocycles. The van der Waals surface area contributed by atoms with Crippen LogP contribution in [0.2, 0.25) is 0 Å². The molecule has 0 aromatic heterocycles. The van der Waals surface area contributed by atoms with Crippen molar-refractivity contribution in [2.24, 2.45) is 5.73 Å². The van der Waals surface area contributed by atoms with E-state index in [-0.39, 0.29) is 0 Å². The highest BCUT2D eigenvalue weighted by atomic mass is 16.5. The zero-order chi connectivity index (χ0) is 13.5. The minimum absolute atomic E-state index is 0.304. The summed E-state index contributed by atoms with van der Waals surface area (Å²) in [6.07, 6.45) is 0.452. The molecular weight excluding hydrogens is 228 g/mol. The number of nitrogens with zero attached hydrogens (tertiary/aromatic N) is 1. The number of aliphatic hydroxyl groups excluding tert-OH is 1. The lowest BCUT2D eigenvalue weighted by molar-refractivity contribution is 0.133. The summed E-state index contributed by atoms with van der Waals surface area (Å²) in [7, 11) is 3.68. The van der Waals surface area contributed by atoms with E-state index in [1.54, 1.807) is 7.11 Å². The zero-order valence-electron chi connectivity index (χ0n) is 11.5. The van der Waals surface area contributed by atoms with E-state index in [0.29, 0.717) is 13.1 Å². The first-order chi connectivity index (χ1) is 8.56. The third kappa shape index (κ3) is 4.64. The summed E-state index contributed by atoms with van der Waals surface area (Å²) >= 11 is 0. The lowest BCUT2D eigenvalue weighted by Gasteiger charge is -2.20. The molecule has 1 aromatic carbocycles. The summed E-state index contributed by atoms with van der Waals surface area (Å²) in [5, 5.41) is 9.48. The molecule has 0 fully saturated rings. The molecule has 0 saturated heterocycles. The Balaban J connectivity index is 2.54. The highest BCUT2D eigenvalue weighted by Crippen LogP contribution is 2.20. The molecule has 1 unspecified atom stereocenters. The largest absolute Gasteiger partial charge is 0.496 e. The lowest BCUT2D eigenvalue weighted by Crippen LogP contribution is -2.35. The molecular formula is C14H24N2O2. The number of hydrogen-bond donors (Lipinski definition) is 2. The zero-order valence-corrected chi connectivity index (χ0v) is 11.5. The second-order valence-electron chi connectivity index (χ2n) is 4.72. The Morgan fingerprint density at radius 1 is 1.44 bits per heavy atom. The third-order valence-electron chi connectivity index (χ3n) is 2.99. The SMILES string of the molecule is COc1ccc(C)cc1CCN(C)CC(O)CN. The van der Waals surface area contributed by atoms with Crippen LogP contribution in [-0.4, -0.2) is 49.9 Å². The fraction of sp³-hybridized carbons (Fsp3) is 0.571. The monoisotopic (exact) mass is 252 g/mol. The van der Waals surface area contributed by atoms with Crippen LogP contribution in [0, 0.1) is 6.92 Å². The van der Waals surface area contributed by atoms with E-state index < -0.39 is 6.10 Å². The second kappa shape index (κ2) is 7.36. The second-order valence-corrected chi connectivity index (χ2v) is 4.72. The molecule has 0 saturated carbocycles. The average Bonchev–Trinajstić information content (AvgIpc) is 2.36. The first kappa shape index (κ1) is 15.0. The standard InChI is InChI=1S/C14H24N2O2/c1-11-4-5-14(18-3)12(8-11)6-7-16(2)10-13(17)9-15/h4-5,8,13,17H,6-7,9-10,15H2,1-3H3. The molecule has 4 nitrogen and oxygen atoms in total. The minimum Gasteiger partial charge on any atom is -0.496 e. The molecule has 0 spiro atoms. The summed E-state index contributed by atoms with van der Waals surface area (Å²) in [6, 6.07) is 6.19. The van der Waals surface area contributed by atoms with Crippen molar-refractivity contribution in [3.8, 4) is 5.75 Å². The molecule has 0 aliphatic heterocycles. The molecule has 3 N–H and O–H groups in total. The first-order valence-corrected chi connectivity index (χ1v) is 6.27. The van der Waals surface area contributed by atoms with Crippen molar-refractivity contribution in [3.05, 3.63) is 29.3 Å². The van der Waals surface area contributed by atoms with Crippen LogP contribution < -0.4 is 10.5 Å². The van der Waals surface area contributed by atoms with Crippen molar-refractivity contribution in [3.63, 3.8) is 0 Å². The fourth-order valence-corrected chi connectivity index (χ4v) is 1.94. The summed E-state index contributed by atoms with van der Waals surface area (Å²) in [6.45, 7) is 3.85. The maximum absolute atomic E-state index is 9.48. The van der Waals surface area contributed by atoms with Gasteiger partial charge < -0.3 is 20.5 Å². The van der Waals surface area contributed by atoms with Crippen LogP contribution >= 0.6 is 0 Å². The Hall–Kier alpha value is -1.10. The average molecular weight is 252 g/mol. The topological polar surface area (TPSA) is 58.7 Å². The molecule has 0 aliphatic rings. The molecule has 1 aromatic rings. The van der Waals surface area contributed by atoms with Gasteiger partial charge in [0.25, 0.3) is 0 Å². The number of aryl methyl sites for hydroxylation is 1. The molecule has 1 atom stereocenters. The van der Waals surface area contributed by atoms with Gasteiger partial charge in [0.1, 0.15) is 5.75 Å². The minimum atomic E-state index is -0.450. The van der Waals surface area contributed by atoms with Gasteiger partial charge in [-0.25, -0.2) is 0 Å². The number of likely N-dealkylation sites (N-methyl/N-ethyl adjacent to an activating group) is 1. The van der Waals surface area contributed by atoms with Crippen LogP contribution in [0.3, 0.4) is 0 Å². The smallest absolute Gasteiger partial charge is 0.122 e. The summed E-state index contributed by atoms with van der Waals surface area (Å²) in [5.74, 6) is 0.924. The predicted molar refractivity (Wildman–Crippen MR) is 74.0 cm³/mol. The third-order valence-corrected chi connectivity index (χ3v) is 2.99. The van der Waals surface area contributed by atoms with Crippen molar-refractivity contribution < 1.29 is 9.84 Å². The molecule has 0 bridgehead atoms. The molecule has 102 valence electrons. The van der Waals surface area contributed by atoms with Gasteiger partial charge in [-0.2, -0.15) is 0 Å². The van der Waals surface area contributed by atoms with Crippen LogP contribution in [0.15, 0.2) is 18.2 Å². The van der Waals surface area contributed by atoms with Crippen LogP contribution in [0.25, 0.3) is 0 Å². The quantitative estimate of drug-likeness (QED) is 0.753. The Morgan fingerprint density at radius 2 is 2.17 bits per heavy atom. The Kier molecular flexibility index (Phi) is 6.12. The van der Waals surface area contributed by atoms with Crippen LogP contribution in [-0.2, 0) is 6.42 Å². The van der Waals surface area contributed by atoms with E-state index in [2.05, 4.69) is 17.9 Å². The van der Waals surface area contributed by atoms with Gasteiger partial charge >= 0.3 is 0 Å². The van der Waals surface area contributed by atoms with E-state index in [1.807, 2.05) is 19.2 Å². The van der Waals surface area contributed by atoms with Gasteiger partial charge in [0.2, 0.25) is 0 Å².